The van der Waals surface area contributed by atoms with Crippen molar-refractivity contribution in [3.63, 3.8) is 0 Å². The Morgan fingerprint density at radius 2 is 1.81 bits per heavy atom. The van der Waals surface area contributed by atoms with Crippen LogP contribution in [0.1, 0.15) is 51.8 Å². The summed E-state index contributed by atoms with van der Waals surface area (Å²) in [4.78, 5) is 2.21. The zero-order valence-corrected chi connectivity index (χ0v) is 13.5. The summed E-state index contributed by atoms with van der Waals surface area (Å²) in [5.74, 6) is 0. The van der Waals surface area contributed by atoms with E-state index in [1.807, 2.05) is 12.1 Å². The molecule has 1 aliphatic rings. The fourth-order valence-corrected chi connectivity index (χ4v) is 3.20. The molecule has 0 radical (unpaired) electrons. The van der Waals surface area contributed by atoms with Gasteiger partial charge in [-0.1, -0.05) is 6.07 Å². The normalized spacial score (nSPS) is 21.7. The van der Waals surface area contributed by atoms with Crippen LogP contribution in [0.5, 0.6) is 0 Å². The molecule has 114 valence electrons. The van der Waals surface area contributed by atoms with Gasteiger partial charge in [0.15, 0.2) is 0 Å². The fourth-order valence-electron chi connectivity index (χ4n) is 3.20. The number of anilines is 1. The molecule has 1 saturated heterocycles. The first-order chi connectivity index (χ1) is 9.63. The Kier molecular flexibility index (Phi) is 4.01. The van der Waals surface area contributed by atoms with Crippen LogP contribution in [-0.4, -0.2) is 29.4 Å². The van der Waals surface area contributed by atoms with Crippen molar-refractivity contribution in [3.05, 3.63) is 29.3 Å². The van der Waals surface area contributed by atoms with E-state index >= 15 is 0 Å². The zero-order valence-electron chi connectivity index (χ0n) is 13.5. The first kappa shape index (κ1) is 15.8. The lowest BCUT2D eigenvalue weighted by Crippen LogP contribution is -2.57. The summed E-state index contributed by atoms with van der Waals surface area (Å²) in [6.45, 7) is 11.5. The molecule has 4 nitrogen and oxygen atoms in total. The Balaban J connectivity index is 2.47. The number of hydrogen-bond acceptors (Lipinski definition) is 4. The fraction of sp³-hybridized carbons (Fsp3) is 0.588. The van der Waals surface area contributed by atoms with Gasteiger partial charge in [-0.2, -0.15) is 5.26 Å². The summed E-state index contributed by atoms with van der Waals surface area (Å²) in [5.41, 5.74) is 1.83. The van der Waals surface area contributed by atoms with E-state index in [0.717, 1.165) is 24.3 Å². The van der Waals surface area contributed by atoms with Gasteiger partial charge < -0.3 is 14.7 Å². The molecule has 1 unspecified atom stereocenters. The predicted molar refractivity (Wildman–Crippen MR) is 83.2 cm³/mol. The Bertz CT molecular complexity index is 555. The third kappa shape index (κ3) is 3.55. The molecule has 0 amide bonds. The Hall–Kier alpha value is -1.57. The minimum Gasteiger partial charge on any atom is -0.389 e. The highest BCUT2D eigenvalue weighted by atomic mass is 16.5. The molecule has 1 N–H and O–H groups in total. The molecule has 0 aliphatic carbocycles. The number of ether oxygens (including phenoxy) is 1. The van der Waals surface area contributed by atoms with Crippen LogP contribution < -0.4 is 4.90 Å². The molecule has 0 spiro atoms. The van der Waals surface area contributed by atoms with E-state index in [-0.39, 0.29) is 11.2 Å². The summed E-state index contributed by atoms with van der Waals surface area (Å²) in [5, 5.41) is 19.2. The summed E-state index contributed by atoms with van der Waals surface area (Å²) < 4.78 is 6.10. The molecule has 0 aromatic heterocycles. The summed E-state index contributed by atoms with van der Waals surface area (Å²) >= 11 is 0. The third-order valence-electron chi connectivity index (χ3n) is 3.65. The van der Waals surface area contributed by atoms with E-state index < -0.39 is 6.10 Å². The molecule has 0 bridgehead atoms. The Labute approximate surface area is 127 Å². The summed E-state index contributed by atoms with van der Waals surface area (Å²) in [6, 6.07) is 7.63. The molecule has 4 heteroatoms. The molecule has 21 heavy (non-hydrogen) atoms. The lowest BCUT2D eigenvalue weighted by molar-refractivity contribution is -0.133. The van der Waals surface area contributed by atoms with Crippen LogP contribution in [0, 0.1) is 11.3 Å². The van der Waals surface area contributed by atoms with Gasteiger partial charge in [-0.05, 0) is 46.8 Å². The first-order valence-corrected chi connectivity index (χ1v) is 7.31. The second kappa shape index (κ2) is 5.32. The van der Waals surface area contributed by atoms with Gasteiger partial charge in [0.2, 0.25) is 0 Å². The van der Waals surface area contributed by atoms with E-state index in [1.165, 1.54) is 0 Å². The minimum atomic E-state index is -0.568. The van der Waals surface area contributed by atoms with E-state index in [1.54, 1.807) is 13.0 Å². The first-order valence-electron chi connectivity index (χ1n) is 7.31. The molecule has 1 heterocycles. The SMILES string of the molecule is CC(O)c1ccc(C#N)cc1N1CC(C)(C)OC(C)(C)C1. The van der Waals surface area contributed by atoms with Crippen molar-refractivity contribution < 1.29 is 9.84 Å². The van der Waals surface area contributed by atoms with Crippen molar-refractivity contribution in [1.29, 1.82) is 5.26 Å². The smallest absolute Gasteiger partial charge is 0.0992 e. The third-order valence-corrected chi connectivity index (χ3v) is 3.65. The average molecular weight is 288 g/mol. The van der Waals surface area contributed by atoms with Crippen LogP contribution >= 0.6 is 0 Å². The Morgan fingerprint density at radius 1 is 1.24 bits per heavy atom. The molecule has 1 aromatic carbocycles. The predicted octanol–water partition coefficient (Wildman–Crippen LogP) is 3.01. The van der Waals surface area contributed by atoms with E-state index in [9.17, 15) is 5.11 Å². The van der Waals surface area contributed by atoms with E-state index in [0.29, 0.717) is 5.56 Å². The number of rotatable bonds is 2. The summed E-state index contributed by atoms with van der Waals surface area (Å²) in [7, 11) is 0. The number of hydrogen-bond donors (Lipinski definition) is 1. The monoisotopic (exact) mass is 288 g/mol. The van der Waals surface area contributed by atoms with Crippen LogP contribution in [0.2, 0.25) is 0 Å². The summed E-state index contributed by atoms with van der Waals surface area (Å²) in [6.07, 6.45) is -0.568. The van der Waals surface area contributed by atoms with Crippen LogP contribution in [0.25, 0.3) is 0 Å². The van der Waals surface area contributed by atoms with Gasteiger partial charge in [0.25, 0.3) is 0 Å². The number of morpholine rings is 1. The standard InChI is InChI=1S/C17H24N2O2/c1-12(20)14-7-6-13(9-18)8-15(14)19-10-16(2,3)21-17(4,5)11-19/h6-8,12,20H,10-11H2,1-5H3. The molecule has 2 rings (SSSR count). The molecule has 0 saturated carbocycles. The lowest BCUT2D eigenvalue weighted by atomic mass is 9.96. The largest absolute Gasteiger partial charge is 0.389 e. The molecule has 1 fully saturated rings. The van der Waals surface area contributed by atoms with Gasteiger partial charge in [-0.25, -0.2) is 0 Å². The van der Waals surface area contributed by atoms with Gasteiger partial charge in [-0.15, -0.1) is 0 Å². The zero-order chi connectivity index (χ0) is 15.8. The van der Waals surface area contributed by atoms with Crippen molar-refractivity contribution in [1.82, 2.24) is 0 Å². The molecule has 1 atom stereocenters. The number of benzene rings is 1. The van der Waals surface area contributed by atoms with Crippen molar-refractivity contribution >= 4 is 5.69 Å². The van der Waals surface area contributed by atoms with Crippen LogP contribution in [0.4, 0.5) is 5.69 Å². The van der Waals surface area contributed by atoms with Gasteiger partial charge >= 0.3 is 0 Å². The maximum atomic E-state index is 10.0. The quantitative estimate of drug-likeness (QED) is 0.909. The van der Waals surface area contributed by atoms with E-state index in [2.05, 4.69) is 38.7 Å². The van der Waals surface area contributed by atoms with Crippen molar-refractivity contribution in [2.24, 2.45) is 0 Å². The average Bonchev–Trinajstić information content (AvgIpc) is 2.34. The van der Waals surface area contributed by atoms with Crippen molar-refractivity contribution in [2.75, 3.05) is 18.0 Å². The van der Waals surface area contributed by atoms with Gasteiger partial charge in [0.1, 0.15) is 0 Å². The molecule has 1 aromatic rings. The minimum absolute atomic E-state index is 0.277. The van der Waals surface area contributed by atoms with Crippen LogP contribution in [0.15, 0.2) is 18.2 Å². The van der Waals surface area contributed by atoms with Gasteiger partial charge in [0.05, 0.1) is 28.9 Å². The van der Waals surface area contributed by atoms with E-state index in [4.69, 9.17) is 10.00 Å². The molecular formula is C17H24N2O2. The number of nitriles is 1. The van der Waals surface area contributed by atoms with Gasteiger partial charge in [0, 0.05) is 24.3 Å². The molecule has 1 aliphatic heterocycles. The molecular weight excluding hydrogens is 264 g/mol. The van der Waals surface area contributed by atoms with Crippen LogP contribution in [0.3, 0.4) is 0 Å². The second-order valence-corrected chi connectivity index (χ2v) is 7.04. The maximum Gasteiger partial charge on any atom is 0.0992 e. The van der Waals surface area contributed by atoms with Crippen molar-refractivity contribution in [2.45, 2.75) is 51.9 Å². The number of aliphatic hydroxyl groups is 1. The Morgan fingerprint density at radius 3 is 2.29 bits per heavy atom. The second-order valence-electron chi connectivity index (χ2n) is 7.04. The highest BCUT2D eigenvalue weighted by molar-refractivity contribution is 5.59. The topological polar surface area (TPSA) is 56.5 Å². The van der Waals surface area contributed by atoms with Crippen LogP contribution in [-0.2, 0) is 4.74 Å². The lowest BCUT2D eigenvalue weighted by Gasteiger charge is -2.48. The number of aliphatic hydroxyl groups excluding tert-OH is 1. The maximum absolute atomic E-state index is 10.0. The highest BCUT2D eigenvalue weighted by Gasteiger charge is 2.38. The highest BCUT2D eigenvalue weighted by Crippen LogP contribution is 2.35. The van der Waals surface area contributed by atoms with Gasteiger partial charge in [-0.3, -0.25) is 0 Å². The number of nitrogens with zero attached hydrogens (tertiary/aromatic N) is 2. The van der Waals surface area contributed by atoms with Crippen molar-refractivity contribution in [3.8, 4) is 6.07 Å².